The molecule has 1 aromatic rings. The van der Waals surface area contributed by atoms with Crippen LogP contribution in [0.25, 0.3) is 0 Å². The average Bonchev–Trinajstić information content (AvgIpc) is 2.38. The molecule has 2 heteroatoms. The van der Waals surface area contributed by atoms with Gasteiger partial charge >= 0.3 is 0 Å². The second-order valence-corrected chi connectivity index (χ2v) is 5.74. The van der Waals surface area contributed by atoms with E-state index >= 15 is 0 Å². The van der Waals surface area contributed by atoms with Gasteiger partial charge in [-0.1, -0.05) is 30.3 Å². The fourth-order valence-corrected chi connectivity index (χ4v) is 3.23. The summed E-state index contributed by atoms with van der Waals surface area (Å²) < 4.78 is 5.91. The van der Waals surface area contributed by atoms with Crippen molar-refractivity contribution in [3.8, 4) is 0 Å². The molecule has 0 bridgehead atoms. The van der Waals surface area contributed by atoms with Crippen molar-refractivity contribution in [1.29, 1.82) is 0 Å². The first-order valence-corrected chi connectivity index (χ1v) is 7.00. The third kappa shape index (κ3) is 2.35. The van der Waals surface area contributed by atoms with Gasteiger partial charge in [-0.2, -0.15) is 0 Å². The number of hydrogen-bond donors (Lipinski definition) is 0. The maximum Gasteiger partial charge on any atom is 0.163 e. The summed E-state index contributed by atoms with van der Waals surface area (Å²) >= 11 is 0. The van der Waals surface area contributed by atoms with Crippen molar-refractivity contribution in [3.63, 3.8) is 0 Å². The molecule has 1 aromatic carbocycles. The quantitative estimate of drug-likeness (QED) is 0.759. The largest absolute Gasteiger partial charge is 0.375 e. The molecular formula is C16H20O2. The van der Waals surface area contributed by atoms with Crippen LogP contribution in [-0.4, -0.2) is 18.0 Å². The highest BCUT2D eigenvalue weighted by atomic mass is 16.5. The summed E-state index contributed by atoms with van der Waals surface area (Å²) in [4.78, 5) is 12.2. The summed E-state index contributed by atoms with van der Waals surface area (Å²) in [5.41, 5.74) is 1.01. The highest BCUT2D eigenvalue weighted by Crippen LogP contribution is 2.45. The Balaban J connectivity index is 1.61. The predicted molar refractivity (Wildman–Crippen MR) is 70.6 cm³/mol. The van der Waals surface area contributed by atoms with Crippen LogP contribution in [-0.2, 0) is 4.74 Å². The molecule has 2 fully saturated rings. The summed E-state index contributed by atoms with van der Waals surface area (Å²) in [6, 6.07) is 9.66. The summed E-state index contributed by atoms with van der Waals surface area (Å²) in [7, 11) is 0. The molecule has 1 heterocycles. The zero-order valence-electron chi connectivity index (χ0n) is 10.7. The van der Waals surface area contributed by atoms with Gasteiger partial charge in [-0.25, -0.2) is 0 Å². The molecule has 96 valence electrons. The van der Waals surface area contributed by atoms with Crippen LogP contribution in [0.1, 0.15) is 48.9 Å². The van der Waals surface area contributed by atoms with E-state index in [-0.39, 0.29) is 11.4 Å². The van der Waals surface area contributed by atoms with Gasteiger partial charge in [0.25, 0.3) is 0 Å². The number of ether oxygens (including phenoxy) is 1. The first-order valence-electron chi connectivity index (χ1n) is 7.00. The van der Waals surface area contributed by atoms with Gasteiger partial charge in [0, 0.05) is 18.6 Å². The lowest BCUT2D eigenvalue weighted by Gasteiger charge is -2.47. The molecule has 0 radical (unpaired) electrons. The van der Waals surface area contributed by atoms with Gasteiger partial charge in [0.2, 0.25) is 0 Å². The van der Waals surface area contributed by atoms with E-state index < -0.39 is 0 Å². The fraction of sp³-hybridized carbons (Fsp3) is 0.562. The number of hydrogen-bond acceptors (Lipinski definition) is 2. The Kier molecular flexibility index (Phi) is 3.21. The van der Waals surface area contributed by atoms with Crippen LogP contribution >= 0.6 is 0 Å². The lowest BCUT2D eigenvalue weighted by molar-refractivity contribution is -0.142. The topological polar surface area (TPSA) is 26.3 Å². The molecule has 0 aromatic heterocycles. The van der Waals surface area contributed by atoms with Crippen molar-refractivity contribution in [2.24, 2.45) is 5.92 Å². The van der Waals surface area contributed by atoms with E-state index in [9.17, 15) is 4.79 Å². The van der Waals surface area contributed by atoms with Crippen LogP contribution in [0.3, 0.4) is 0 Å². The number of benzene rings is 1. The molecule has 1 unspecified atom stereocenters. The highest BCUT2D eigenvalue weighted by molar-refractivity contribution is 5.96. The number of Topliss-reactive ketones (excluding diaryl/α,β-unsaturated/α-hetero) is 1. The second-order valence-electron chi connectivity index (χ2n) is 5.74. The molecule has 1 saturated carbocycles. The summed E-state index contributed by atoms with van der Waals surface area (Å²) in [6.07, 6.45) is 6.51. The van der Waals surface area contributed by atoms with E-state index in [0.717, 1.165) is 25.0 Å². The average molecular weight is 244 g/mol. The van der Waals surface area contributed by atoms with Crippen LogP contribution in [0, 0.1) is 5.92 Å². The lowest BCUT2D eigenvalue weighted by Crippen LogP contribution is -2.45. The van der Waals surface area contributed by atoms with Crippen LogP contribution in [0.4, 0.5) is 0 Å². The molecule has 1 atom stereocenters. The molecule has 1 spiro atoms. The molecule has 0 amide bonds. The van der Waals surface area contributed by atoms with Gasteiger partial charge in [-0.3, -0.25) is 4.79 Å². The minimum absolute atomic E-state index is 0.153. The van der Waals surface area contributed by atoms with Crippen molar-refractivity contribution < 1.29 is 9.53 Å². The Hall–Kier alpha value is -1.15. The summed E-state index contributed by atoms with van der Waals surface area (Å²) in [6.45, 7) is 0.840. The molecule has 1 saturated heterocycles. The first-order chi connectivity index (χ1) is 8.77. The van der Waals surface area contributed by atoms with Crippen molar-refractivity contribution in [2.45, 2.75) is 44.1 Å². The van der Waals surface area contributed by atoms with Crippen LogP contribution < -0.4 is 0 Å². The summed E-state index contributed by atoms with van der Waals surface area (Å²) in [5, 5.41) is 0. The Labute approximate surface area is 108 Å². The Morgan fingerprint density at radius 3 is 2.72 bits per heavy atom. The molecule has 0 N–H and O–H groups in total. The van der Waals surface area contributed by atoms with Gasteiger partial charge in [-0.15, -0.1) is 0 Å². The monoisotopic (exact) mass is 244 g/mol. The minimum atomic E-state index is 0.153. The predicted octanol–water partition coefficient (Wildman–Crippen LogP) is 3.61. The molecule has 1 aliphatic carbocycles. The standard InChI is InChI=1S/C16H20O2/c17-15(14-5-2-1-3-6-14)11-13-7-10-18-16(12-13)8-4-9-16/h1-3,5-6,13H,4,7-12H2. The molecule has 2 aliphatic rings. The third-order valence-electron chi connectivity index (χ3n) is 4.43. The number of carbonyl (C=O) groups excluding carboxylic acids is 1. The van der Waals surface area contributed by atoms with E-state index in [0.29, 0.717) is 12.3 Å². The molecule has 2 nitrogen and oxygen atoms in total. The molecule has 3 rings (SSSR count). The van der Waals surface area contributed by atoms with Crippen molar-refractivity contribution in [3.05, 3.63) is 35.9 Å². The highest BCUT2D eigenvalue weighted by Gasteiger charge is 2.42. The molecular weight excluding hydrogens is 224 g/mol. The van der Waals surface area contributed by atoms with Crippen molar-refractivity contribution in [1.82, 2.24) is 0 Å². The van der Waals surface area contributed by atoms with Gasteiger partial charge in [0.1, 0.15) is 0 Å². The number of carbonyl (C=O) groups is 1. The van der Waals surface area contributed by atoms with Gasteiger partial charge in [0.15, 0.2) is 5.78 Å². The van der Waals surface area contributed by atoms with Crippen LogP contribution in [0.5, 0.6) is 0 Å². The smallest absolute Gasteiger partial charge is 0.163 e. The third-order valence-corrected chi connectivity index (χ3v) is 4.43. The maximum absolute atomic E-state index is 12.2. The van der Waals surface area contributed by atoms with E-state index in [1.54, 1.807) is 0 Å². The summed E-state index contributed by atoms with van der Waals surface area (Å²) in [5.74, 6) is 0.809. The second kappa shape index (κ2) is 4.85. The van der Waals surface area contributed by atoms with Gasteiger partial charge in [-0.05, 0) is 38.0 Å². The minimum Gasteiger partial charge on any atom is -0.375 e. The molecule has 1 aliphatic heterocycles. The number of ketones is 1. The normalized spacial score (nSPS) is 25.7. The Morgan fingerprint density at radius 2 is 2.06 bits per heavy atom. The first kappa shape index (κ1) is 11.9. The van der Waals surface area contributed by atoms with Crippen molar-refractivity contribution in [2.75, 3.05) is 6.61 Å². The van der Waals surface area contributed by atoms with Crippen LogP contribution in [0.15, 0.2) is 30.3 Å². The van der Waals surface area contributed by atoms with Gasteiger partial charge in [0.05, 0.1) is 5.60 Å². The Morgan fingerprint density at radius 1 is 1.28 bits per heavy atom. The molecule has 18 heavy (non-hydrogen) atoms. The zero-order valence-corrected chi connectivity index (χ0v) is 10.7. The van der Waals surface area contributed by atoms with Gasteiger partial charge < -0.3 is 4.74 Å². The zero-order chi connectivity index (χ0) is 12.4. The van der Waals surface area contributed by atoms with Crippen molar-refractivity contribution >= 4 is 5.78 Å². The van der Waals surface area contributed by atoms with E-state index in [1.165, 1.54) is 19.3 Å². The van der Waals surface area contributed by atoms with E-state index in [2.05, 4.69) is 0 Å². The van der Waals surface area contributed by atoms with Crippen LogP contribution in [0.2, 0.25) is 0 Å². The SMILES string of the molecule is O=C(CC1CCOC2(CCC2)C1)c1ccccc1. The lowest BCUT2D eigenvalue weighted by atomic mass is 9.71. The number of rotatable bonds is 3. The Bertz CT molecular complexity index is 420. The van der Waals surface area contributed by atoms with E-state index in [1.807, 2.05) is 30.3 Å². The van der Waals surface area contributed by atoms with E-state index in [4.69, 9.17) is 4.74 Å². The fourth-order valence-electron chi connectivity index (χ4n) is 3.23. The maximum atomic E-state index is 12.2.